The topological polar surface area (TPSA) is 49.3 Å². The number of anilines is 1. The zero-order chi connectivity index (χ0) is 20.1. The van der Waals surface area contributed by atoms with Gasteiger partial charge in [0.1, 0.15) is 17.0 Å². The van der Waals surface area contributed by atoms with Crippen molar-refractivity contribution in [3.8, 4) is 5.75 Å². The summed E-state index contributed by atoms with van der Waals surface area (Å²) >= 11 is 0. The van der Waals surface area contributed by atoms with Gasteiger partial charge in [-0.1, -0.05) is 57.2 Å². The first kappa shape index (κ1) is 18.2. The Morgan fingerprint density at radius 3 is 2.39 bits per heavy atom. The molecule has 0 saturated carbocycles. The average Bonchev–Trinajstić information content (AvgIpc) is 2.94. The monoisotopic (exact) mass is 375 g/mol. The Morgan fingerprint density at radius 1 is 0.929 bits per heavy atom. The third-order valence-corrected chi connectivity index (χ3v) is 5.44. The van der Waals surface area contributed by atoms with Crippen LogP contribution in [0.3, 0.4) is 0 Å². The molecule has 0 spiro atoms. The quantitative estimate of drug-likeness (QED) is 0.653. The summed E-state index contributed by atoms with van der Waals surface area (Å²) < 4.78 is 14.2. The minimum absolute atomic E-state index is 0.00381. The second-order valence-corrected chi connectivity index (χ2v) is 8.24. The van der Waals surface area contributed by atoms with Crippen LogP contribution in [0, 0.1) is 5.82 Å². The Balaban J connectivity index is 2.12. The highest BCUT2D eigenvalue weighted by atomic mass is 19.1. The van der Waals surface area contributed by atoms with E-state index in [0.717, 1.165) is 5.56 Å². The molecule has 1 amide bonds. The van der Waals surface area contributed by atoms with Gasteiger partial charge in [0.15, 0.2) is 0 Å². The van der Waals surface area contributed by atoms with Gasteiger partial charge in [-0.15, -0.1) is 0 Å². The number of phenolic OH excluding ortho intramolecular Hbond substituents is 1. The summed E-state index contributed by atoms with van der Waals surface area (Å²) in [5.41, 5.74) is 1.77. The minimum atomic E-state index is -1.33. The number of amides is 1. The van der Waals surface area contributed by atoms with Crippen molar-refractivity contribution in [2.75, 3.05) is 5.32 Å². The number of halogens is 1. The van der Waals surface area contributed by atoms with E-state index in [2.05, 4.69) is 26.1 Å². The molecule has 4 heteroatoms. The average molecular weight is 375 g/mol. The summed E-state index contributed by atoms with van der Waals surface area (Å²) in [6.07, 6.45) is 0. The molecule has 142 valence electrons. The number of hydrogen-bond acceptors (Lipinski definition) is 2. The molecule has 1 aliphatic heterocycles. The van der Waals surface area contributed by atoms with E-state index in [-0.39, 0.29) is 17.1 Å². The molecule has 1 unspecified atom stereocenters. The van der Waals surface area contributed by atoms with Gasteiger partial charge in [0.25, 0.3) is 0 Å². The maximum absolute atomic E-state index is 14.2. The van der Waals surface area contributed by atoms with E-state index in [1.165, 1.54) is 12.1 Å². The molecule has 0 fully saturated rings. The molecule has 28 heavy (non-hydrogen) atoms. The van der Waals surface area contributed by atoms with Crippen molar-refractivity contribution in [1.29, 1.82) is 0 Å². The van der Waals surface area contributed by atoms with E-state index >= 15 is 0 Å². The molecular formula is C24H22FNO2. The van der Waals surface area contributed by atoms with E-state index in [1.54, 1.807) is 18.2 Å². The van der Waals surface area contributed by atoms with Gasteiger partial charge in [0.2, 0.25) is 5.91 Å². The van der Waals surface area contributed by atoms with Crippen molar-refractivity contribution in [1.82, 2.24) is 0 Å². The molecular weight excluding hydrogens is 353 g/mol. The Hall–Kier alpha value is -3.14. The molecule has 3 nitrogen and oxygen atoms in total. The summed E-state index contributed by atoms with van der Waals surface area (Å²) in [6, 6.07) is 18.7. The lowest BCUT2D eigenvalue weighted by molar-refractivity contribution is -0.118. The van der Waals surface area contributed by atoms with Crippen molar-refractivity contribution < 1.29 is 14.3 Å². The van der Waals surface area contributed by atoms with Crippen molar-refractivity contribution in [3.63, 3.8) is 0 Å². The molecule has 4 rings (SSSR count). The predicted octanol–water partition coefficient (Wildman–Crippen LogP) is 5.12. The largest absolute Gasteiger partial charge is 0.508 e. The highest BCUT2D eigenvalue weighted by Crippen LogP contribution is 2.50. The number of carbonyl (C=O) groups excluding carboxylic acids is 1. The standard InChI is InChI=1S/C24H22FNO2/c1-23(2,3)15-11-12-21(27)19(14-15)24(16-7-6-8-17(25)13-16)18-9-4-5-10-20(18)26-22(24)28/h4-14,27H,1-3H3,(H,26,28). The van der Waals surface area contributed by atoms with Crippen LogP contribution in [-0.2, 0) is 15.6 Å². The zero-order valence-corrected chi connectivity index (χ0v) is 16.1. The van der Waals surface area contributed by atoms with Gasteiger partial charge in [0.05, 0.1) is 0 Å². The molecule has 3 aromatic rings. The fourth-order valence-corrected chi connectivity index (χ4v) is 3.99. The van der Waals surface area contributed by atoms with Crippen LogP contribution in [0.2, 0.25) is 0 Å². The van der Waals surface area contributed by atoms with Crippen LogP contribution < -0.4 is 5.32 Å². The Labute approximate surface area is 163 Å². The molecule has 2 N–H and O–H groups in total. The molecule has 0 radical (unpaired) electrons. The molecule has 3 aromatic carbocycles. The summed E-state index contributed by atoms with van der Waals surface area (Å²) in [7, 11) is 0. The van der Waals surface area contributed by atoms with Crippen molar-refractivity contribution in [2.45, 2.75) is 31.6 Å². The molecule has 1 aliphatic rings. The first-order valence-electron chi connectivity index (χ1n) is 9.25. The summed E-state index contributed by atoms with van der Waals surface area (Å²) in [4.78, 5) is 13.4. The van der Waals surface area contributed by atoms with Gasteiger partial charge in [0, 0.05) is 16.8 Å². The predicted molar refractivity (Wildman–Crippen MR) is 108 cm³/mol. The van der Waals surface area contributed by atoms with Crippen molar-refractivity contribution >= 4 is 11.6 Å². The lowest BCUT2D eigenvalue weighted by Gasteiger charge is -2.31. The normalized spacial score (nSPS) is 18.6. The first-order valence-corrected chi connectivity index (χ1v) is 9.25. The number of fused-ring (bicyclic) bond motifs is 1. The van der Waals surface area contributed by atoms with Gasteiger partial charge in [-0.2, -0.15) is 0 Å². The molecule has 0 aliphatic carbocycles. The molecule has 0 bridgehead atoms. The highest BCUT2D eigenvalue weighted by Gasteiger charge is 2.51. The Morgan fingerprint density at radius 2 is 1.68 bits per heavy atom. The molecule has 1 heterocycles. The summed E-state index contributed by atoms with van der Waals surface area (Å²) in [5.74, 6) is -0.731. The van der Waals surface area contributed by atoms with Crippen LogP contribution >= 0.6 is 0 Å². The Kier molecular flexibility index (Phi) is 4.03. The highest BCUT2D eigenvalue weighted by molar-refractivity contribution is 6.11. The van der Waals surface area contributed by atoms with E-state index in [4.69, 9.17) is 0 Å². The van der Waals surface area contributed by atoms with Crippen molar-refractivity contribution in [3.05, 3.63) is 94.8 Å². The lowest BCUT2D eigenvalue weighted by atomic mass is 9.68. The third-order valence-electron chi connectivity index (χ3n) is 5.44. The number of para-hydroxylation sites is 1. The van der Waals surface area contributed by atoms with Crippen LogP contribution in [0.15, 0.2) is 66.7 Å². The van der Waals surface area contributed by atoms with Gasteiger partial charge < -0.3 is 10.4 Å². The maximum Gasteiger partial charge on any atom is 0.244 e. The van der Waals surface area contributed by atoms with Gasteiger partial charge in [-0.05, 0) is 46.9 Å². The second-order valence-electron chi connectivity index (χ2n) is 8.24. The molecule has 0 saturated heterocycles. The fourth-order valence-electron chi connectivity index (χ4n) is 3.99. The van der Waals surface area contributed by atoms with Crippen molar-refractivity contribution in [2.24, 2.45) is 0 Å². The Bertz CT molecular complexity index is 1080. The third kappa shape index (κ3) is 2.60. The van der Waals surface area contributed by atoms with E-state index in [0.29, 0.717) is 22.4 Å². The number of phenols is 1. The molecule has 1 atom stereocenters. The van der Waals surface area contributed by atoms with Gasteiger partial charge in [-0.3, -0.25) is 4.79 Å². The van der Waals surface area contributed by atoms with Crippen LogP contribution in [0.1, 0.15) is 43.0 Å². The SMILES string of the molecule is CC(C)(C)c1ccc(O)c(C2(c3cccc(F)c3)C(=O)Nc3ccccc32)c1. The second kappa shape index (κ2) is 6.20. The minimum Gasteiger partial charge on any atom is -0.508 e. The van der Waals surface area contributed by atoms with Crippen LogP contribution in [0.25, 0.3) is 0 Å². The molecule has 0 aromatic heterocycles. The number of carbonyl (C=O) groups is 1. The van der Waals surface area contributed by atoms with Gasteiger partial charge in [-0.25, -0.2) is 4.39 Å². The fraction of sp³-hybridized carbons (Fsp3) is 0.208. The van der Waals surface area contributed by atoms with E-state index < -0.39 is 11.2 Å². The number of benzene rings is 3. The summed E-state index contributed by atoms with van der Waals surface area (Å²) in [5, 5.41) is 13.7. The van der Waals surface area contributed by atoms with Gasteiger partial charge >= 0.3 is 0 Å². The number of nitrogens with one attached hydrogen (secondary N) is 1. The van der Waals surface area contributed by atoms with Crippen LogP contribution in [0.5, 0.6) is 5.75 Å². The number of hydrogen-bond donors (Lipinski definition) is 2. The number of aromatic hydroxyl groups is 1. The first-order chi connectivity index (χ1) is 13.2. The van der Waals surface area contributed by atoms with E-state index in [1.807, 2.05) is 36.4 Å². The summed E-state index contributed by atoms with van der Waals surface area (Å²) in [6.45, 7) is 6.21. The number of rotatable bonds is 2. The van der Waals surface area contributed by atoms with E-state index in [9.17, 15) is 14.3 Å². The lowest BCUT2D eigenvalue weighted by Crippen LogP contribution is -2.37. The zero-order valence-electron chi connectivity index (χ0n) is 16.1. The smallest absolute Gasteiger partial charge is 0.244 e. The van der Waals surface area contributed by atoms with Crippen LogP contribution in [0.4, 0.5) is 10.1 Å². The maximum atomic E-state index is 14.2. The van der Waals surface area contributed by atoms with Crippen LogP contribution in [-0.4, -0.2) is 11.0 Å².